The molecule has 0 atom stereocenters. The fraction of sp³-hybridized carbons (Fsp3) is 0.333. The van der Waals surface area contributed by atoms with Crippen molar-refractivity contribution in [2.75, 3.05) is 6.61 Å². The first-order valence-electron chi connectivity index (χ1n) is 5.21. The number of thiophene rings is 1. The van der Waals surface area contributed by atoms with E-state index in [-0.39, 0.29) is 6.61 Å². The normalized spacial score (nSPS) is 12.2. The lowest BCUT2D eigenvalue weighted by Gasteiger charge is -2.05. The second kappa shape index (κ2) is 4.66. The summed E-state index contributed by atoms with van der Waals surface area (Å²) >= 11 is 1.36. The molecule has 1 N–H and O–H groups in total. The number of alkyl halides is 3. The number of halogens is 3. The second-order valence-electron chi connectivity index (χ2n) is 3.79. The molecule has 2 rings (SSSR count). The standard InChI is InChI=1S/C12H11F3OS/c13-12(14,15)9-4-3-8-6-10(2-1-5-16)17-11(8)7-9/h3-4,6-7,16H,1-2,5H2. The van der Waals surface area contributed by atoms with Crippen LogP contribution in [-0.2, 0) is 12.6 Å². The van der Waals surface area contributed by atoms with Crippen LogP contribution in [0.15, 0.2) is 24.3 Å². The molecule has 0 fully saturated rings. The number of fused-ring (bicyclic) bond motifs is 1. The zero-order chi connectivity index (χ0) is 12.5. The van der Waals surface area contributed by atoms with Crippen molar-refractivity contribution in [1.82, 2.24) is 0 Å². The Morgan fingerprint density at radius 1 is 1.18 bits per heavy atom. The van der Waals surface area contributed by atoms with Crippen LogP contribution in [0.4, 0.5) is 13.2 Å². The fourth-order valence-corrected chi connectivity index (χ4v) is 2.78. The van der Waals surface area contributed by atoms with Crippen LogP contribution in [0.1, 0.15) is 16.9 Å². The van der Waals surface area contributed by atoms with E-state index in [1.54, 1.807) is 0 Å². The summed E-state index contributed by atoms with van der Waals surface area (Å²) in [6, 6.07) is 5.67. The lowest BCUT2D eigenvalue weighted by atomic mass is 10.1. The summed E-state index contributed by atoms with van der Waals surface area (Å²) in [7, 11) is 0. The third kappa shape index (κ3) is 2.79. The van der Waals surface area contributed by atoms with Gasteiger partial charge in [-0.25, -0.2) is 0 Å². The van der Waals surface area contributed by atoms with Gasteiger partial charge in [-0.15, -0.1) is 11.3 Å². The van der Waals surface area contributed by atoms with E-state index in [0.717, 1.165) is 16.3 Å². The predicted molar refractivity (Wildman–Crippen MR) is 62.2 cm³/mol. The van der Waals surface area contributed by atoms with Gasteiger partial charge in [0, 0.05) is 16.2 Å². The molecule has 2 aromatic rings. The molecule has 92 valence electrons. The lowest BCUT2D eigenvalue weighted by Crippen LogP contribution is -2.03. The summed E-state index contributed by atoms with van der Waals surface area (Å²) in [5.74, 6) is 0. The second-order valence-corrected chi connectivity index (χ2v) is 4.96. The Morgan fingerprint density at radius 2 is 1.94 bits per heavy atom. The van der Waals surface area contributed by atoms with Crippen molar-refractivity contribution >= 4 is 21.4 Å². The molecule has 0 amide bonds. The third-order valence-corrected chi connectivity index (χ3v) is 3.64. The Kier molecular flexibility index (Phi) is 3.40. The summed E-state index contributed by atoms with van der Waals surface area (Å²) in [5, 5.41) is 9.54. The number of aliphatic hydroxyl groups is 1. The lowest BCUT2D eigenvalue weighted by molar-refractivity contribution is -0.137. The number of hydrogen-bond acceptors (Lipinski definition) is 2. The van der Waals surface area contributed by atoms with Crippen LogP contribution in [0.2, 0.25) is 0 Å². The zero-order valence-corrected chi connectivity index (χ0v) is 9.74. The van der Waals surface area contributed by atoms with E-state index >= 15 is 0 Å². The van der Waals surface area contributed by atoms with Crippen molar-refractivity contribution < 1.29 is 18.3 Å². The SMILES string of the molecule is OCCCc1cc2ccc(C(F)(F)F)cc2s1. The molecular weight excluding hydrogens is 249 g/mol. The Balaban J connectivity index is 2.34. The van der Waals surface area contributed by atoms with E-state index in [1.165, 1.54) is 23.5 Å². The molecule has 0 saturated heterocycles. The maximum atomic E-state index is 12.5. The smallest absolute Gasteiger partial charge is 0.396 e. The molecular formula is C12H11F3OS. The highest BCUT2D eigenvalue weighted by molar-refractivity contribution is 7.19. The summed E-state index contributed by atoms with van der Waals surface area (Å²) in [5.41, 5.74) is -0.611. The van der Waals surface area contributed by atoms with E-state index in [1.807, 2.05) is 6.07 Å². The molecule has 5 heteroatoms. The van der Waals surface area contributed by atoms with Gasteiger partial charge in [-0.1, -0.05) is 6.07 Å². The highest BCUT2D eigenvalue weighted by Crippen LogP contribution is 2.34. The fourth-order valence-electron chi connectivity index (χ4n) is 1.64. The first kappa shape index (κ1) is 12.4. The Bertz CT molecular complexity index is 516. The third-order valence-electron chi connectivity index (χ3n) is 2.48. The average Bonchev–Trinajstić information content (AvgIpc) is 2.66. The first-order valence-corrected chi connectivity index (χ1v) is 6.03. The summed E-state index contributed by atoms with van der Waals surface area (Å²) in [6.45, 7) is 0.0993. The van der Waals surface area contributed by atoms with E-state index in [9.17, 15) is 13.2 Å². The van der Waals surface area contributed by atoms with Gasteiger partial charge in [-0.3, -0.25) is 0 Å². The van der Waals surface area contributed by atoms with Crippen LogP contribution in [0.25, 0.3) is 10.1 Å². The Morgan fingerprint density at radius 3 is 2.59 bits per heavy atom. The number of aliphatic hydroxyl groups excluding tert-OH is 1. The average molecular weight is 260 g/mol. The number of benzene rings is 1. The maximum Gasteiger partial charge on any atom is 0.416 e. The molecule has 1 aromatic carbocycles. The largest absolute Gasteiger partial charge is 0.416 e. The molecule has 0 spiro atoms. The number of aryl methyl sites for hydroxylation is 1. The molecule has 17 heavy (non-hydrogen) atoms. The molecule has 0 aliphatic heterocycles. The maximum absolute atomic E-state index is 12.5. The van der Waals surface area contributed by atoms with Crippen molar-refractivity contribution in [3.8, 4) is 0 Å². The molecule has 0 saturated carbocycles. The van der Waals surface area contributed by atoms with E-state index in [4.69, 9.17) is 5.11 Å². The monoisotopic (exact) mass is 260 g/mol. The highest BCUT2D eigenvalue weighted by atomic mass is 32.1. The van der Waals surface area contributed by atoms with Gasteiger partial charge >= 0.3 is 6.18 Å². The number of rotatable bonds is 3. The van der Waals surface area contributed by atoms with Crippen LogP contribution in [0, 0.1) is 0 Å². The topological polar surface area (TPSA) is 20.2 Å². The van der Waals surface area contributed by atoms with Crippen LogP contribution in [0.5, 0.6) is 0 Å². The van der Waals surface area contributed by atoms with Gasteiger partial charge in [0.05, 0.1) is 5.56 Å². The van der Waals surface area contributed by atoms with Gasteiger partial charge in [0.1, 0.15) is 0 Å². The van der Waals surface area contributed by atoms with E-state index in [2.05, 4.69) is 0 Å². The number of hydrogen-bond donors (Lipinski definition) is 1. The van der Waals surface area contributed by atoms with Crippen LogP contribution in [0.3, 0.4) is 0 Å². The Labute approximate surface area is 101 Å². The van der Waals surface area contributed by atoms with Crippen molar-refractivity contribution in [2.24, 2.45) is 0 Å². The molecule has 0 aliphatic carbocycles. The summed E-state index contributed by atoms with van der Waals surface area (Å²) < 4.78 is 38.1. The minimum atomic E-state index is -4.29. The first-order chi connectivity index (χ1) is 8.00. The van der Waals surface area contributed by atoms with Gasteiger partial charge in [-0.05, 0) is 36.4 Å². The van der Waals surface area contributed by atoms with Crippen molar-refractivity contribution in [2.45, 2.75) is 19.0 Å². The highest BCUT2D eigenvalue weighted by Gasteiger charge is 2.30. The van der Waals surface area contributed by atoms with Crippen LogP contribution >= 0.6 is 11.3 Å². The molecule has 1 heterocycles. The minimum Gasteiger partial charge on any atom is -0.396 e. The van der Waals surface area contributed by atoms with Gasteiger partial charge < -0.3 is 5.11 Å². The Hall–Kier alpha value is -1.07. The summed E-state index contributed by atoms with van der Waals surface area (Å²) in [6.07, 6.45) is -2.94. The van der Waals surface area contributed by atoms with Crippen LogP contribution in [-0.4, -0.2) is 11.7 Å². The van der Waals surface area contributed by atoms with Gasteiger partial charge in [0.2, 0.25) is 0 Å². The molecule has 1 nitrogen and oxygen atoms in total. The zero-order valence-electron chi connectivity index (χ0n) is 8.92. The predicted octanol–water partition coefficient (Wildman–Crippen LogP) is 3.85. The van der Waals surface area contributed by atoms with Gasteiger partial charge in [-0.2, -0.15) is 13.2 Å². The molecule has 0 unspecified atom stereocenters. The minimum absolute atomic E-state index is 0.0993. The van der Waals surface area contributed by atoms with Gasteiger partial charge in [0.15, 0.2) is 0 Å². The van der Waals surface area contributed by atoms with E-state index < -0.39 is 11.7 Å². The molecule has 0 bridgehead atoms. The van der Waals surface area contributed by atoms with Crippen LogP contribution < -0.4 is 0 Å². The molecule has 0 aliphatic rings. The van der Waals surface area contributed by atoms with Gasteiger partial charge in [0.25, 0.3) is 0 Å². The molecule has 0 radical (unpaired) electrons. The quantitative estimate of drug-likeness (QED) is 0.888. The molecule has 1 aromatic heterocycles. The summed E-state index contributed by atoms with van der Waals surface area (Å²) in [4.78, 5) is 1.01. The van der Waals surface area contributed by atoms with E-state index in [0.29, 0.717) is 17.5 Å². The van der Waals surface area contributed by atoms with Crippen molar-refractivity contribution in [3.63, 3.8) is 0 Å². The van der Waals surface area contributed by atoms with Crippen molar-refractivity contribution in [3.05, 3.63) is 34.7 Å². The van der Waals surface area contributed by atoms with Crippen molar-refractivity contribution in [1.29, 1.82) is 0 Å².